The third-order valence-electron chi connectivity index (χ3n) is 4.88. The Balaban J connectivity index is 1.45. The van der Waals surface area contributed by atoms with Crippen molar-refractivity contribution in [1.29, 1.82) is 0 Å². The van der Waals surface area contributed by atoms with Crippen molar-refractivity contribution >= 4 is 38.7 Å². The van der Waals surface area contributed by atoms with Gasteiger partial charge in [-0.25, -0.2) is 9.78 Å². The minimum atomic E-state index is -0.811. The highest BCUT2D eigenvalue weighted by Gasteiger charge is 2.23. The van der Waals surface area contributed by atoms with Crippen LogP contribution < -0.4 is 10.6 Å². The van der Waals surface area contributed by atoms with Crippen LogP contribution in [-0.4, -0.2) is 23.0 Å². The summed E-state index contributed by atoms with van der Waals surface area (Å²) in [5.41, 5.74) is 3.75. The highest BCUT2D eigenvalue weighted by molar-refractivity contribution is 7.22. The molecule has 7 heteroatoms. The molecule has 0 bridgehead atoms. The van der Waals surface area contributed by atoms with Crippen LogP contribution in [0.2, 0.25) is 0 Å². The zero-order valence-electron chi connectivity index (χ0n) is 17.6. The van der Waals surface area contributed by atoms with E-state index in [4.69, 9.17) is 4.74 Å². The Hall–Kier alpha value is -3.71. The third-order valence-corrected chi connectivity index (χ3v) is 5.81. The first kappa shape index (κ1) is 21.5. The average Bonchev–Trinajstić information content (AvgIpc) is 3.20. The van der Waals surface area contributed by atoms with Crippen molar-refractivity contribution in [3.05, 3.63) is 95.6 Å². The van der Waals surface area contributed by atoms with Crippen molar-refractivity contribution in [1.82, 2.24) is 10.3 Å². The van der Waals surface area contributed by atoms with E-state index in [2.05, 4.69) is 15.6 Å². The first-order valence-corrected chi connectivity index (χ1v) is 11.1. The van der Waals surface area contributed by atoms with Gasteiger partial charge in [0.2, 0.25) is 5.91 Å². The molecular weight excluding hydrogens is 422 g/mol. The van der Waals surface area contributed by atoms with E-state index < -0.39 is 12.1 Å². The molecule has 0 unspecified atom stereocenters. The zero-order chi connectivity index (χ0) is 22.3. The van der Waals surface area contributed by atoms with Crippen LogP contribution in [-0.2, 0) is 22.6 Å². The SMILES string of the molecule is Cc1ccc2nc(NC(=O)[C@H](Cc3ccccc3)NC(=O)OCc3ccccc3)sc2c1. The second-order valence-corrected chi connectivity index (χ2v) is 8.46. The van der Waals surface area contributed by atoms with Crippen LogP contribution in [0.4, 0.5) is 9.93 Å². The predicted molar refractivity (Wildman–Crippen MR) is 127 cm³/mol. The standard InChI is InChI=1S/C25H23N3O3S/c1-17-12-13-20-22(14-17)32-24(26-20)28-23(29)21(15-18-8-4-2-5-9-18)27-25(30)31-16-19-10-6-3-7-11-19/h2-14,21H,15-16H2,1H3,(H,27,30)(H,26,28,29)/t21-/m0/s1. The highest BCUT2D eigenvalue weighted by Crippen LogP contribution is 2.26. The minimum Gasteiger partial charge on any atom is -0.445 e. The van der Waals surface area contributed by atoms with Crippen molar-refractivity contribution in [2.45, 2.75) is 26.0 Å². The van der Waals surface area contributed by atoms with Gasteiger partial charge in [0.25, 0.3) is 0 Å². The molecule has 6 nitrogen and oxygen atoms in total. The minimum absolute atomic E-state index is 0.129. The first-order valence-electron chi connectivity index (χ1n) is 10.3. The number of nitrogens with zero attached hydrogens (tertiary/aromatic N) is 1. The Morgan fingerprint density at radius 3 is 2.38 bits per heavy atom. The fourth-order valence-electron chi connectivity index (χ4n) is 3.24. The fourth-order valence-corrected chi connectivity index (χ4v) is 4.21. The van der Waals surface area contributed by atoms with Gasteiger partial charge >= 0.3 is 6.09 Å². The lowest BCUT2D eigenvalue weighted by Crippen LogP contribution is -2.45. The normalized spacial score (nSPS) is 11.7. The lowest BCUT2D eigenvalue weighted by molar-refractivity contribution is -0.118. The van der Waals surface area contributed by atoms with Gasteiger partial charge in [-0.15, -0.1) is 0 Å². The molecule has 3 aromatic carbocycles. The van der Waals surface area contributed by atoms with E-state index in [1.54, 1.807) is 0 Å². The van der Waals surface area contributed by atoms with Crippen LogP contribution in [0.5, 0.6) is 0 Å². The largest absolute Gasteiger partial charge is 0.445 e. The number of fused-ring (bicyclic) bond motifs is 1. The monoisotopic (exact) mass is 445 g/mol. The van der Waals surface area contributed by atoms with Gasteiger partial charge in [0.1, 0.15) is 12.6 Å². The van der Waals surface area contributed by atoms with Gasteiger partial charge in [-0.1, -0.05) is 78.1 Å². The molecule has 1 heterocycles. The molecule has 0 radical (unpaired) electrons. The summed E-state index contributed by atoms with van der Waals surface area (Å²) in [7, 11) is 0. The number of carbonyl (C=O) groups excluding carboxylic acids is 2. The molecule has 4 rings (SSSR count). The number of aryl methyl sites for hydroxylation is 1. The van der Waals surface area contributed by atoms with Crippen LogP contribution in [0.15, 0.2) is 78.9 Å². The summed E-state index contributed by atoms with van der Waals surface area (Å²) in [6, 6.07) is 24.1. The summed E-state index contributed by atoms with van der Waals surface area (Å²) in [5.74, 6) is -0.346. The van der Waals surface area contributed by atoms with Gasteiger partial charge in [0.05, 0.1) is 10.2 Å². The summed E-state index contributed by atoms with van der Waals surface area (Å²) in [6.07, 6.45) is -0.318. The number of amides is 2. The molecule has 4 aromatic rings. The van der Waals surface area contributed by atoms with Crippen LogP contribution in [0.25, 0.3) is 10.2 Å². The van der Waals surface area contributed by atoms with Gasteiger partial charge in [-0.3, -0.25) is 4.79 Å². The van der Waals surface area contributed by atoms with Gasteiger partial charge in [-0.2, -0.15) is 0 Å². The van der Waals surface area contributed by atoms with E-state index >= 15 is 0 Å². The smallest absolute Gasteiger partial charge is 0.408 e. The number of hydrogen-bond donors (Lipinski definition) is 2. The zero-order valence-corrected chi connectivity index (χ0v) is 18.4. The summed E-state index contributed by atoms with van der Waals surface area (Å²) in [5, 5.41) is 6.04. The molecule has 162 valence electrons. The molecular formula is C25H23N3O3S. The molecule has 0 spiro atoms. The second kappa shape index (κ2) is 10.1. The van der Waals surface area contributed by atoms with Crippen molar-refractivity contribution in [3.63, 3.8) is 0 Å². The molecule has 0 aliphatic rings. The molecule has 0 saturated heterocycles. The quantitative estimate of drug-likeness (QED) is 0.416. The Bertz CT molecular complexity index is 1210. The maximum atomic E-state index is 13.1. The van der Waals surface area contributed by atoms with Crippen molar-refractivity contribution in [2.75, 3.05) is 5.32 Å². The highest BCUT2D eigenvalue weighted by atomic mass is 32.1. The summed E-state index contributed by atoms with van der Waals surface area (Å²) in [4.78, 5) is 30.0. The van der Waals surface area contributed by atoms with E-state index in [0.29, 0.717) is 11.6 Å². The van der Waals surface area contributed by atoms with Crippen molar-refractivity contribution in [3.8, 4) is 0 Å². The molecule has 0 saturated carbocycles. The lowest BCUT2D eigenvalue weighted by Gasteiger charge is -2.18. The summed E-state index contributed by atoms with van der Waals surface area (Å²) >= 11 is 1.40. The number of hydrogen-bond acceptors (Lipinski definition) is 5. The molecule has 1 atom stereocenters. The molecule has 0 fully saturated rings. The fraction of sp³-hybridized carbons (Fsp3) is 0.160. The second-order valence-electron chi connectivity index (χ2n) is 7.43. The molecule has 32 heavy (non-hydrogen) atoms. The third kappa shape index (κ3) is 5.70. The van der Waals surface area contributed by atoms with E-state index in [0.717, 1.165) is 26.9 Å². The maximum Gasteiger partial charge on any atom is 0.408 e. The van der Waals surface area contributed by atoms with E-state index in [9.17, 15) is 9.59 Å². The number of thiazole rings is 1. The number of ether oxygens (including phenoxy) is 1. The average molecular weight is 446 g/mol. The summed E-state index contributed by atoms with van der Waals surface area (Å²) < 4.78 is 6.31. The molecule has 0 aliphatic carbocycles. The molecule has 1 aromatic heterocycles. The number of nitrogens with one attached hydrogen (secondary N) is 2. The number of alkyl carbamates (subject to hydrolysis) is 1. The van der Waals surface area contributed by atoms with Crippen molar-refractivity contribution in [2.24, 2.45) is 0 Å². The van der Waals surface area contributed by atoms with E-state index in [1.807, 2.05) is 85.8 Å². The van der Waals surface area contributed by atoms with Gasteiger partial charge < -0.3 is 15.4 Å². The Kier molecular flexibility index (Phi) is 6.77. The van der Waals surface area contributed by atoms with Gasteiger partial charge in [0.15, 0.2) is 5.13 Å². The molecule has 2 amide bonds. The van der Waals surface area contributed by atoms with Crippen LogP contribution in [0.1, 0.15) is 16.7 Å². The molecule has 0 aliphatic heterocycles. The van der Waals surface area contributed by atoms with Gasteiger partial charge in [-0.05, 0) is 35.7 Å². The van der Waals surface area contributed by atoms with Gasteiger partial charge in [0, 0.05) is 6.42 Å². The van der Waals surface area contributed by atoms with Crippen LogP contribution in [0, 0.1) is 6.92 Å². The summed E-state index contributed by atoms with van der Waals surface area (Å²) in [6.45, 7) is 2.14. The number of rotatable bonds is 7. The van der Waals surface area contributed by atoms with E-state index in [1.165, 1.54) is 11.3 Å². The Morgan fingerprint density at radius 2 is 1.66 bits per heavy atom. The number of aromatic nitrogens is 1. The lowest BCUT2D eigenvalue weighted by atomic mass is 10.1. The van der Waals surface area contributed by atoms with Crippen LogP contribution >= 0.6 is 11.3 Å². The first-order chi connectivity index (χ1) is 15.6. The molecule has 2 N–H and O–H groups in total. The Morgan fingerprint density at radius 1 is 0.969 bits per heavy atom. The Labute approximate surface area is 190 Å². The number of benzene rings is 3. The topological polar surface area (TPSA) is 80.3 Å². The number of carbonyl (C=O) groups is 2. The maximum absolute atomic E-state index is 13.1. The van der Waals surface area contributed by atoms with E-state index in [-0.39, 0.29) is 12.5 Å². The van der Waals surface area contributed by atoms with Crippen LogP contribution in [0.3, 0.4) is 0 Å². The van der Waals surface area contributed by atoms with Crippen molar-refractivity contribution < 1.29 is 14.3 Å². The predicted octanol–water partition coefficient (Wildman–Crippen LogP) is 5.08. The number of anilines is 1.